The highest BCUT2D eigenvalue weighted by Gasteiger charge is 2.14. The molecule has 0 amide bonds. The fourth-order valence-corrected chi connectivity index (χ4v) is 5.33. The van der Waals surface area contributed by atoms with Crippen molar-refractivity contribution in [3.8, 4) is 23.7 Å². The van der Waals surface area contributed by atoms with Crippen LogP contribution in [0.5, 0.6) is 0 Å². The predicted molar refractivity (Wildman–Crippen MR) is 173 cm³/mol. The smallest absolute Gasteiger partial charge is 0.0406 e. The summed E-state index contributed by atoms with van der Waals surface area (Å²) in [6.07, 6.45) is 3.75. The van der Waals surface area contributed by atoms with Crippen LogP contribution in [0.4, 0.5) is 0 Å². The molecule has 40 heavy (non-hydrogen) atoms. The van der Waals surface area contributed by atoms with E-state index in [9.17, 15) is 0 Å². The first kappa shape index (κ1) is 25.0. The second-order valence-corrected chi connectivity index (χ2v) is 10.2. The Morgan fingerprint density at radius 3 is 1.30 bits per heavy atom. The number of hydrogen-bond acceptors (Lipinski definition) is 0. The highest BCUT2D eigenvalue weighted by atomic mass is 14.2. The van der Waals surface area contributed by atoms with Crippen molar-refractivity contribution >= 4 is 44.5 Å². The van der Waals surface area contributed by atoms with Gasteiger partial charge in [-0.25, -0.2) is 0 Å². The molecule has 0 N–H and O–H groups in total. The lowest BCUT2D eigenvalue weighted by molar-refractivity contribution is 1.50. The van der Waals surface area contributed by atoms with E-state index >= 15 is 0 Å². The normalized spacial score (nSPS) is 10.6. The molecular weight excluding hydrogens is 480 g/mol. The standard InChI is InChI=1S/C40H28/c1-5-35-36(6-2)40(22-16-30-14-20-32-24-28(4)12-18-34(32)26-30)38-10-8-7-9-37(38)39(35)21-15-29-13-19-31-23-27(3)11-17-33(31)25-29/h5-14,17-20,23-26H,1-2H2,3-4H3. The Morgan fingerprint density at radius 1 is 0.475 bits per heavy atom. The van der Waals surface area contributed by atoms with Crippen LogP contribution >= 0.6 is 0 Å². The number of hydrogen-bond donors (Lipinski definition) is 0. The second kappa shape index (κ2) is 10.5. The molecule has 0 bridgehead atoms. The summed E-state index contributed by atoms with van der Waals surface area (Å²) in [4.78, 5) is 0. The van der Waals surface area contributed by atoms with Gasteiger partial charge in [-0.2, -0.15) is 0 Å². The van der Waals surface area contributed by atoms with Crippen LogP contribution in [0, 0.1) is 37.5 Å². The molecule has 0 saturated heterocycles. The molecule has 6 rings (SSSR count). The SMILES string of the molecule is C=Cc1c(C=C)c(C#Cc2ccc3cc(C)ccc3c2)c2ccccc2c1C#Cc1ccc2cc(C)ccc2c1. The van der Waals surface area contributed by atoms with Crippen molar-refractivity contribution in [1.29, 1.82) is 0 Å². The minimum atomic E-state index is 0.941. The van der Waals surface area contributed by atoms with Crippen LogP contribution in [-0.4, -0.2) is 0 Å². The lowest BCUT2D eigenvalue weighted by Gasteiger charge is -2.13. The van der Waals surface area contributed by atoms with Crippen molar-refractivity contribution in [2.75, 3.05) is 0 Å². The van der Waals surface area contributed by atoms with Gasteiger partial charge in [-0.1, -0.05) is 133 Å². The summed E-state index contributed by atoms with van der Waals surface area (Å²) in [5.41, 5.74) is 8.25. The van der Waals surface area contributed by atoms with Crippen LogP contribution in [0.1, 0.15) is 44.5 Å². The Labute approximate surface area is 236 Å². The fourth-order valence-electron chi connectivity index (χ4n) is 5.33. The van der Waals surface area contributed by atoms with E-state index in [1.165, 1.54) is 32.7 Å². The topological polar surface area (TPSA) is 0 Å². The molecule has 0 spiro atoms. The number of fused-ring (bicyclic) bond motifs is 3. The Morgan fingerprint density at radius 2 is 0.875 bits per heavy atom. The van der Waals surface area contributed by atoms with E-state index in [-0.39, 0.29) is 0 Å². The predicted octanol–water partition coefficient (Wildman–Crippen LogP) is 9.85. The lowest BCUT2D eigenvalue weighted by Crippen LogP contribution is -1.96. The van der Waals surface area contributed by atoms with E-state index in [2.05, 4.69) is 148 Å². The average molecular weight is 509 g/mol. The summed E-state index contributed by atoms with van der Waals surface area (Å²) in [7, 11) is 0. The summed E-state index contributed by atoms with van der Waals surface area (Å²) in [6.45, 7) is 12.5. The molecule has 0 heteroatoms. The van der Waals surface area contributed by atoms with Gasteiger partial charge in [0.25, 0.3) is 0 Å². The molecule has 0 atom stereocenters. The highest BCUT2D eigenvalue weighted by Crippen LogP contribution is 2.32. The number of aryl methyl sites for hydroxylation is 2. The first-order valence-electron chi connectivity index (χ1n) is 13.4. The Hall–Kier alpha value is -5.30. The molecule has 0 aliphatic carbocycles. The second-order valence-electron chi connectivity index (χ2n) is 10.2. The van der Waals surface area contributed by atoms with Gasteiger partial charge in [0.05, 0.1) is 0 Å². The molecule has 6 aromatic rings. The molecule has 0 fully saturated rings. The molecular formula is C40H28. The van der Waals surface area contributed by atoms with Gasteiger partial charge in [-0.3, -0.25) is 0 Å². The molecule has 6 aromatic carbocycles. The van der Waals surface area contributed by atoms with Crippen molar-refractivity contribution in [1.82, 2.24) is 0 Å². The summed E-state index contributed by atoms with van der Waals surface area (Å²) >= 11 is 0. The summed E-state index contributed by atoms with van der Waals surface area (Å²) in [5, 5.41) is 6.94. The number of rotatable bonds is 2. The van der Waals surface area contributed by atoms with Crippen molar-refractivity contribution in [3.63, 3.8) is 0 Å². The van der Waals surface area contributed by atoms with E-state index in [0.717, 1.165) is 44.2 Å². The monoisotopic (exact) mass is 508 g/mol. The summed E-state index contributed by atoms with van der Waals surface area (Å²) in [6, 6.07) is 34.1. The molecule has 188 valence electrons. The van der Waals surface area contributed by atoms with Gasteiger partial charge in [0, 0.05) is 22.3 Å². The van der Waals surface area contributed by atoms with Crippen LogP contribution in [-0.2, 0) is 0 Å². The van der Waals surface area contributed by atoms with Gasteiger partial charge in [0.15, 0.2) is 0 Å². The third-order valence-electron chi connectivity index (χ3n) is 7.36. The van der Waals surface area contributed by atoms with Crippen LogP contribution in [0.25, 0.3) is 44.5 Å². The Kier molecular flexibility index (Phi) is 6.54. The fraction of sp³-hybridized carbons (Fsp3) is 0.0500. The quantitative estimate of drug-likeness (QED) is 0.204. The van der Waals surface area contributed by atoms with E-state index in [0.29, 0.717) is 0 Å². The molecule has 0 saturated carbocycles. The zero-order valence-corrected chi connectivity index (χ0v) is 22.8. The van der Waals surface area contributed by atoms with Crippen LogP contribution < -0.4 is 0 Å². The maximum atomic E-state index is 4.15. The van der Waals surface area contributed by atoms with Crippen LogP contribution in [0.3, 0.4) is 0 Å². The zero-order chi connectivity index (χ0) is 27.6. The third kappa shape index (κ3) is 4.69. The summed E-state index contributed by atoms with van der Waals surface area (Å²) < 4.78 is 0. The van der Waals surface area contributed by atoms with Crippen molar-refractivity contribution in [2.45, 2.75) is 13.8 Å². The van der Waals surface area contributed by atoms with Gasteiger partial charge < -0.3 is 0 Å². The maximum Gasteiger partial charge on any atom is 0.0406 e. The highest BCUT2D eigenvalue weighted by molar-refractivity contribution is 6.00. The van der Waals surface area contributed by atoms with Gasteiger partial charge in [0.1, 0.15) is 0 Å². The van der Waals surface area contributed by atoms with Crippen molar-refractivity contribution < 1.29 is 0 Å². The van der Waals surface area contributed by atoms with Crippen LogP contribution in [0.2, 0.25) is 0 Å². The third-order valence-corrected chi connectivity index (χ3v) is 7.36. The largest absolute Gasteiger partial charge is 0.0984 e. The van der Waals surface area contributed by atoms with E-state index < -0.39 is 0 Å². The van der Waals surface area contributed by atoms with E-state index in [1.54, 1.807) is 0 Å². The molecule has 0 heterocycles. The van der Waals surface area contributed by atoms with Gasteiger partial charge >= 0.3 is 0 Å². The van der Waals surface area contributed by atoms with Gasteiger partial charge in [-0.15, -0.1) is 0 Å². The molecule has 0 unspecified atom stereocenters. The average Bonchev–Trinajstić information content (AvgIpc) is 2.98. The summed E-state index contributed by atoms with van der Waals surface area (Å²) in [5.74, 6) is 13.8. The molecule has 0 aromatic heterocycles. The van der Waals surface area contributed by atoms with Crippen molar-refractivity contribution in [3.05, 3.63) is 155 Å². The number of benzene rings is 6. The molecule has 0 nitrogen and oxygen atoms in total. The van der Waals surface area contributed by atoms with Crippen LogP contribution in [0.15, 0.2) is 110 Å². The van der Waals surface area contributed by atoms with Crippen molar-refractivity contribution in [2.24, 2.45) is 0 Å². The van der Waals surface area contributed by atoms with E-state index in [1.807, 2.05) is 12.2 Å². The molecule has 0 aliphatic rings. The molecule has 0 radical (unpaired) electrons. The Balaban J connectivity index is 1.50. The minimum absolute atomic E-state index is 0.941. The first-order valence-corrected chi connectivity index (χ1v) is 13.4. The molecule has 0 aliphatic heterocycles. The van der Waals surface area contributed by atoms with E-state index in [4.69, 9.17) is 0 Å². The first-order chi connectivity index (χ1) is 19.5. The maximum absolute atomic E-state index is 4.15. The van der Waals surface area contributed by atoms with Gasteiger partial charge in [-0.05, 0) is 81.6 Å². The lowest BCUT2D eigenvalue weighted by atomic mass is 9.89. The van der Waals surface area contributed by atoms with Gasteiger partial charge in [0.2, 0.25) is 0 Å². The zero-order valence-electron chi connectivity index (χ0n) is 22.8. The minimum Gasteiger partial charge on any atom is -0.0984 e. The Bertz CT molecular complexity index is 1960.